The van der Waals surface area contributed by atoms with Crippen LogP contribution in [0.2, 0.25) is 5.02 Å². The second-order valence-corrected chi connectivity index (χ2v) is 5.39. The molecule has 4 nitrogen and oxygen atoms in total. The SMILES string of the molecule is CCCNc1nc(C)cc(NCCc2cccc(Cl)c2)n1. The molecule has 0 unspecified atom stereocenters. The molecule has 0 radical (unpaired) electrons. The van der Waals surface area contributed by atoms with Gasteiger partial charge in [-0.05, 0) is 37.5 Å². The molecule has 0 atom stereocenters. The van der Waals surface area contributed by atoms with E-state index in [9.17, 15) is 0 Å². The van der Waals surface area contributed by atoms with E-state index in [1.54, 1.807) is 0 Å². The summed E-state index contributed by atoms with van der Waals surface area (Å²) < 4.78 is 0. The minimum atomic E-state index is 0.683. The fraction of sp³-hybridized carbons (Fsp3) is 0.375. The summed E-state index contributed by atoms with van der Waals surface area (Å²) in [4.78, 5) is 8.83. The van der Waals surface area contributed by atoms with Gasteiger partial charge in [0.05, 0.1) is 0 Å². The van der Waals surface area contributed by atoms with E-state index in [2.05, 4.69) is 33.6 Å². The fourth-order valence-electron chi connectivity index (χ4n) is 2.00. The number of benzene rings is 1. The van der Waals surface area contributed by atoms with Crippen LogP contribution in [-0.4, -0.2) is 23.1 Å². The molecule has 0 aliphatic carbocycles. The zero-order valence-corrected chi connectivity index (χ0v) is 13.2. The smallest absolute Gasteiger partial charge is 0.224 e. The first-order valence-corrected chi connectivity index (χ1v) is 7.63. The predicted octanol–water partition coefficient (Wildman–Crippen LogP) is 3.91. The third-order valence-corrected chi connectivity index (χ3v) is 3.23. The second kappa shape index (κ2) is 7.84. The first-order chi connectivity index (χ1) is 10.2. The van der Waals surface area contributed by atoms with E-state index in [0.717, 1.165) is 42.5 Å². The Hall–Kier alpha value is -1.81. The first kappa shape index (κ1) is 15.6. The molecule has 5 heteroatoms. The lowest BCUT2D eigenvalue weighted by atomic mass is 10.1. The van der Waals surface area contributed by atoms with E-state index in [-0.39, 0.29) is 0 Å². The van der Waals surface area contributed by atoms with Crippen molar-refractivity contribution in [1.82, 2.24) is 9.97 Å². The van der Waals surface area contributed by atoms with Gasteiger partial charge in [0.1, 0.15) is 5.82 Å². The van der Waals surface area contributed by atoms with Crippen LogP contribution in [0.3, 0.4) is 0 Å². The van der Waals surface area contributed by atoms with Crippen LogP contribution in [0.1, 0.15) is 24.6 Å². The van der Waals surface area contributed by atoms with E-state index in [1.165, 1.54) is 5.56 Å². The van der Waals surface area contributed by atoms with Gasteiger partial charge in [-0.25, -0.2) is 4.98 Å². The summed E-state index contributed by atoms with van der Waals surface area (Å²) in [5.41, 5.74) is 2.17. The van der Waals surface area contributed by atoms with Gasteiger partial charge < -0.3 is 10.6 Å². The van der Waals surface area contributed by atoms with E-state index in [0.29, 0.717) is 5.95 Å². The maximum Gasteiger partial charge on any atom is 0.224 e. The van der Waals surface area contributed by atoms with E-state index in [4.69, 9.17) is 11.6 Å². The van der Waals surface area contributed by atoms with Crippen LogP contribution in [0, 0.1) is 6.92 Å². The molecule has 0 fully saturated rings. The number of aryl methyl sites for hydroxylation is 1. The number of hydrogen-bond acceptors (Lipinski definition) is 4. The van der Waals surface area contributed by atoms with Gasteiger partial charge in [0.2, 0.25) is 5.95 Å². The molecule has 2 aromatic rings. The van der Waals surface area contributed by atoms with Crippen molar-refractivity contribution in [2.24, 2.45) is 0 Å². The van der Waals surface area contributed by atoms with E-state index in [1.807, 2.05) is 31.2 Å². The number of rotatable bonds is 7. The van der Waals surface area contributed by atoms with Crippen molar-refractivity contribution in [1.29, 1.82) is 0 Å². The molecule has 0 aliphatic rings. The Balaban J connectivity index is 1.91. The Morgan fingerprint density at radius 3 is 2.71 bits per heavy atom. The van der Waals surface area contributed by atoms with Gasteiger partial charge in [0.15, 0.2) is 0 Å². The molecule has 21 heavy (non-hydrogen) atoms. The summed E-state index contributed by atoms with van der Waals surface area (Å²) in [5.74, 6) is 1.53. The van der Waals surface area contributed by atoms with Gasteiger partial charge in [-0.2, -0.15) is 4.98 Å². The Kier molecular flexibility index (Phi) is 5.81. The Bertz CT molecular complexity index is 586. The summed E-state index contributed by atoms with van der Waals surface area (Å²) in [6.45, 7) is 5.78. The zero-order chi connectivity index (χ0) is 15.1. The Morgan fingerprint density at radius 2 is 1.95 bits per heavy atom. The van der Waals surface area contributed by atoms with Crippen molar-refractivity contribution in [2.45, 2.75) is 26.7 Å². The highest BCUT2D eigenvalue weighted by Gasteiger charge is 2.01. The zero-order valence-electron chi connectivity index (χ0n) is 12.5. The van der Waals surface area contributed by atoms with Crippen molar-refractivity contribution in [3.8, 4) is 0 Å². The number of hydrogen-bond donors (Lipinski definition) is 2. The highest BCUT2D eigenvalue weighted by molar-refractivity contribution is 6.30. The fourth-order valence-corrected chi connectivity index (χ4v) is 2.22. The van der Waals surface area contributed by atoms with Gasteiger partial charge in [0.25, 0.3) is 0 Å². The highest BCUT2D eigenvalue weighted by atomic mass is 35.5. The molecule has 1 aromatic heterocycles. The average molecular weight is 305 g/mol. The molecule has 1 aromatic carbocycles. The molecule has 0 aliphatic heterocycles. The van der Waals surface area contributed by atoms with Gasteiger partial charge in [-0.3, -0.25) is 0 Å². The lowest BCUT2D eigenvalue weighted by molar-refractivity contribution is 0.940. The molecule has 112 valence electrons. The molecule has 2 N–H and O–H groups in total. The van der Waals surface area contributed by atoms with Crippen LogP contribution in [-0.2, 0) is 6.42 Å². The van der Waals surface area contributed by atoms with Crippen LogP contribution in [0.5, 0.6) is 0 Å². The highest BCUT2D eigenvalue weighted by Crippen LogP contribution is 2.12. The lowest BCUT2D eigenvalue weighted by Crippen LogP contribution is -2.10. The minimum Gasteiger partial charge on any atom is -0.370 e. The van der Waals surface area contributed by atoms with Crippen molar-refractivity contribution < 1.29 is 0 Å². The predicted molar refractivity (Wildman–Crippen MR) is 89.2 cm³/mol. The third-order valence-electron chi connectivity index (χ3n) is 3.00. The van der Waals surface area contributed by atoms with Crippen LogP contribution in [0.25, 0.3) is 0 Å². The lowest BCUT2D eigenvalue weighted by Gasteiger charge is -2.09. The van der Waals surface area contributed by atoms with Crippen molar-refractivity contribution >= 4 is 23.4 Å². The molecule has 1 heterocycles. The van der Waals surface area contributed by atoms with E-state index < -0.39 is 0 Å². The van der Waals surface area contributed by atoms with Crippen LogP contribution >= 0.6 is 11.6 Å². The largest absolute Gasteiger partial charge is 0.370 e. The monoisotopic (exact) mass is 304 g/mol. The molecule has 0 saturated heterocycles. The van der Waals surface area contributed by atoms with Crippen molar-refractivity contribution in [3.63, 3.8) is 0 Å². The molecular formula is C16H21ClN4. The topological polar surface area (TPSA) is 49.8 Å². The van der Waals surface area contributed by atoms with E-state index >= 15 is 0 Å². The third kappa shape index (κ3) is 5.23. The van der Waals surface area contributed by atoms with Gasteiger partial charge >= 0.3 is 0 Å². The number of nitrogens with zero attached hydrogens (tertiary/aromatic N) is 2. The van der Waals surface area contributed by atoms with Gasteiger partial charge in [0, 0.05) is 29.9 Å². The number of nitrogens with one attached hydrogen (secondary N) is 2. The van der Waals surface area contributed by atoms with Crippen molar-refractivity contribution in [2.75, 3.05) is 23.7 Å². The number of anilines is 2. The van der Waals surface area contributed by atoms with Crippen LogP contribution in [0.15, 0.2) is 30.3 Å². The standard InChI is InChI=1S/C16H21ClN4/c1-3-8-19-16-20-12(2)10-15(21-16)18-9-7-13-5-4-6-14(17)11-13/h4-6,10-11H,3,7-9H2,1-2H3,(H2,18,19,20,21). The summed E-state index contributed by atoms with van der Waals surface area (Å²) in [7, 11) is 0. The molecule has 0 spiro atoms. The normalized spacial score (nSPS) is 10.4. The molecule has 0 amide bonds. The minimum absolute atomic E-state index is 0.683. The number of halogens is 1. The molecular weight excluding hydrogens is 284 g/mol. The summed E-state index contributed by atoms with van der Waals surface area (Å²) in [6.07, 6.45) is 1.95. The summed E-state index contributed by atoms with van der Waals surface area (Å²) >= 11 is 5.98. The molecule has 0 saturated carbocycles. The average Bonchev–Trinajstić information content (AvgIpc) is 2.45. The van der Waals surface area contributed by atoms with Crippen molar-refractivity contribution in [3.05, 3.63) is 46.6 Å². The van der Waals surface area contributed by atoms with Gasteiger partial charge in [-0.1, -0.05) is 30.7 Å². The summed E-state index contributed by atoms with van der Waals surface area (Å²) in [6, 6.07) is 9.88. The van der Waals surface area contributed by atoms with Crippen LogP contribution < -0.4 is 10.6 Å². The maximum absolute atomic E-state index is 5.98. The van der Waals surface area contributed by atoms with Gasteiger partial charge in [-0.15, -0.1) is 0 Å². The molecule has 0 bridgehead atoms. The Labute approximate surface area is 131 Å². The maximum atomic E-state index is 5.98. The quantitative estimate of drug-likeness (QED) is 0.814. The summed E-state index contributed by atoms with van der Waals surface area (Å²) in [5, 5.41) is 7.32. The number of aromatic nitrogens is 2. The molecule has 2 rings (SSSR count). The first-order valence-electron chi connectivity index (χ1n) is 7.25. The van der Waals surface area contributed by atoms with Crippen LogP contribution in [0.4, 0.5) is 11.8 Å². The second-order valence-electron chi connectivity index (χ2n) is 4.95. The Morgan fingerprint density at radius 1 is 1.10 bits per heavy atom.